The van der Waals surface area contributed by atoms with Crippen LogP contribution in [0.3, 0.4) is 0 Å². The molecule has 4 rings (SSSR count). The third-order valence-corrected chi connectivity index (χ3v) is 14.9. The molecule has 0 aliphatic carbocycles. The van der Waals surface area contributed by atoms with E-state index >= 15 is 0 Å². The SMILES string of the molecule is CCCCCCCCCCCCC/C=C/C(OC(=O)c1ccccc1)C(CO[C@@H]1O[C@H](COS(=O)(=O)O)[C@H](OS(=O)(=O)O)[C@H](OC(=O)c2ccccc2)[C@H]1OC(=O)c1ccccc1)NC(=O)CCCCCCCCCCCCCCC.[Na+]. The Morgan fingerprint density at radius 3 is 1.40 bits per heavy atom. The number of rotatable bonds is 43. The molecule has 0 aromatic heterocycles. The molecule has 1 aliphatic rings. The van der Waals surface area contributed by atoms with Gasteiger partial charge >= 0.3 is 68.3 Å². The van der Waals surface area contributed by atoms with Gasteiger partial charge in [0.25, 0.3) is 0 Å². The molecule has 1 fully saturated rings. The number of hydrogen-bond donors (Lipinski definition) is 3. The maximum Gasteiger partial charge on any atom is 1.00 e. The van der Waals surface area contributed by atoms with Crippen molar-refractivity contribution >= 4 is 44.6 Å². The fourth-order valence-corrected chi connectivity index (χ4v) is 10.3. The van der Waals surface area contributed by atoms with E-state index < -0.39 is 101 Å². The number of benzene rings is 3. The third-order valence-electron chi connectivity index (χ3n) is 14.0. The Morgan fingerprint density at radius 1 is 0.549 bits per heavy atom. The van der Waals surface area contributed by atoms with Crippen LogP contribution in [0.4, 0.5) is 0 Å². The number of carbonyl (C=O) groups is 4. The number of allylic oxidation sites excluding steroid dienone is 1. The van der Waals surface area contributed by atoms with Gasteiger partial charge in [0.1, 0.15) is 18.3 Å². The molecule has 0 spiro atoms. The molecule has 1 aliphatic heterocycles. The van der Waals surface area contributed by atoms with Gasteiger partial charge in [0, 0.05) is 6.42 Å². The minimum Gasteiger partial charge on any atom is -0.452 e. The topological polar surface area (TPSA) is 254 Å². The summed E-state index contributed by atoms with van der Waals surface area (Å²) >= 11 is 0. The van der Waals surface area contributed by atoms with Crippen molar-refractivity contribution in [1.29, 1.82) is 0 Å². The van der Waals surface area contributed by atoms with Gasteiger partial charge in [-0.1, -0.05) is 216 Å². The van der Waals surface area contributed by atoms with Crippen LogP contribution in [-0.4, -0.2) is 106 Å². The van der Waals surface area contributed by atoms with Crippen molar-refractivity contribution in [2.24, 2.45) is 0 Å². The zero-order valence-corrected chi connectivity index (χ0v) is 52.1. The van der Waals surface area contributed by atoms with Gasteiger partial charge in [-0.05, 0) is 61.7 Å². The standard InChI is InChI=1S/C61H89NO17S2.Na/c1-3-5-7-9-11-13-15-17-19-21-23-25-36-44-52(75-58(64)48-38-30-27-31-39-48)51(62-54(63)45-37-26-24-22-20-18-16-14-12-10-8-6-4-2)46-73-61-57(78-60(66)50-42-34-29-35-43-50)56(77-59(65)49-40-32-28-33-41-49)55(79-81(70,71)72)53(76-61)47-74-80(67,68)69;/h27-36,38-44,51-53,55-57,61H,3-26,37,45-47H2,1-2H3,(H,62,63)(H,67,68,69)(H,70,71,72);/q;+1/b44-36+;/t51?,52?,53-,55+,56+,57-,61-;/m1./s1. The Morgan fingerprint density at radius 2 is 0.963 bits per heavy atom. The van der Waals surface area contributed by atoms with Crippen molar-refractivity contribution < 1.29 is 107 Å². The molecule has 18 nitrogen and oxygen atoms in total. The van der Waals surface area contributed by atoms with Crippen LogP contribution in [0.15, 0.2) is 103 Å². The van der Waals surface area contributed by atoms with E-state index in [9.17, 15) is 45.1 Å². The molecule has 1 saturated heterocycles. The Balaban J connectivity index is 0.0000176. The minimum atomic E-state index is -5.52. The zero-order valence-electron chi connectivity index (χ0n) is 48.5. The van der Waals surface area contributed by atoms with Crippen molar-refractivity contribution in [2.75, 3.05) is 13.2 Å². The monoisotopic (exact) mass is 1190 g/mol. The molecular formula is C61H89NNaO17S2+. The summed E-state index contributed by atoms with van der Waals surface area (Å²) in [7, 11) is -10.8. The van der Waals surface area contributed by atoms with Gasteiger partial charge in [-0.2, -0.15) is 16.8 Å². The minimum absolute atomic E-state index is 0. The molecule has 21 heteroatoms. The second-order valence-electron chi connectivity index (χ2n) is 20.7. The van der Waals surface area contributed by atoms with Crippen LogP contribution in [0.25, 0.3) is 0 Å². The van der Waals surface area contributed by atoms with E-state index in [2.05, 4.69) is 23.3 Å². The Kier molecular flexibility index (Phi) is 36.9. The van der Waals surface area contributed by atoms with Crippen molar-refractivity contribution in [3.05, 3.63) is 120 Å². The van der Waals surface area contributed by atoms with Gasteiger partial charge in [0.15, 0.2) is 18.5 Å². The first-order valence-corrected chi connectivity index (χ1v) is 32.1. The normalized spacial score (nSPS) is 18.0. The smallest absolute Gasteiger partial charge is 0.452 e. The number of hydrogen-bond acceptors (Lipinski definition) is 15. The van der Waals surface area contributed by atoms with Crippen LogP contribution in [0.1, 0.15) is 212 Å². The average Bonchev–Trinajstić information content (AvgIpc) is 3.60. The summed E-state index contributed by atoms with van der Waals surface area (Å²) in [5, 5.41) is 2.98. The average molecular weight is 1200 g/mol. The van der Waals surface area contributed by atoms with E-state index in [0.717, 1.165) is 51.4 Å². The zero-order chi connectivity index (χ0) is 58.6. The summed E-state index contributed by atoms with van der Waals surface area (Å²) in [6, 6.07) is 21.9. The molecule has 452 valence electrons. The van der Waals surface area contributed by atoms with Gasteiger partial charge in [0.05, 0.1) is 35.9 Å². The Labute approximate surface area is 510 Å². The number of unbranched alkanes of at least 4 members (excludes halogenated alkanes) is 23. The van der Waals surface area contributed by atoms with Gasteiger partial charge in [0.2, 0.25) is 5.91 Å². The largest absolute Gasteiger partial charge is 1.00 e. The molecule has 7 atom stereocenters. The summed E-state index contributed by atoms with van der Waals surface area (Å²) in [6.07, 6.45) is 19.8. The molecule has 0 saturated carbocycles. The maximum absolute atomic E-state index is 14.1. The quantitative estimate of drug-likeness (QED) is 0.0119. The fraction of sp³-hybridized carbons (Fsp3) is 0.607. The molecular weight excluding hydrogens is 1110 g/mol. The summed E-state index contributed by atoms with van der Waals surface area (Å²) in [5.41, 5.74) is 0.125. The number of amides is 1. The number of carbonyl (C=O) groups excluding carboxylic acids is 4. The van der Waals surface area contributed by atoms with Crippen LogP contribution < -0.4 is 34.9 Å². The summed E-state index contributed by atoms with van der Waals surface area (Å²) in [4.78, 5) is 55.8. The molecule has 2 unspecified atom stereocenters. The number of ether oxygens (including phenoxy) is 5. The van der Waals surface area contributed by atoms with Crippen LogP contribution in [0.2, 0.25) is 0 Å². The van der Waals surface area contributed by atoms with Crippen LogP contribution >= 0.6 is 0 Å². The van der Waals surface area contributed by atoms with E-state index in [1.165, 1.54) is 145 Å². The number of esters is 3. The van der Waals surface area contributed by atoms with Gasteiger partial charge < -0.3 is 29.0 Å². The molecule has 3 aromatic rings. The molecule has 0 radical (unpaired) electrons. The third kappa shape index (κ3) is 30.7. The molecule has 3 aromatic carbocycles. The van der Waals surface area contributed by atoms with E-state index in [1.807, 2.05) is 6.08 Å². The first-order chi connectivity index (χ1) is 39.1. The van der Waals surface area contributed by atoms with E-state index in [-0.39, 0.29) is 52.7 Å². The Hall–Kier alpha value is -4.06. The van der Waals surface area contributed by atoms with Gasteiger partial charge in [-0.25, -0.2) is 22.7 Å². The van der Waals surface area contributed by atoms with Gasteiger partial charge in [-0.15, -0.1) is 0 Å². The predicted molar refractivity (Wildman–Crippen MR) is 308 cm³/mol. The Bertz CT molecular complexity index is 2490. The molecule has 1 heterocycles. The maximum atomic E-state index is 14.1. The van der Waals surface area contributed by atoms with E-state index in [0.29, 0.717) is 12.8 Å². The van der Waals surface area contributed by atoms with Crippen molar-refractivity contribution in [3.63, 3.8) is 0 Å². The summed E-state index contributed by atoms with van der Waals surface area (Å²) in [6.45, 7) is 2.60. The molecule has 1 amide bonds. The molecule has 3 N–H and O–H groups in total. The first kappa shape index (κ1) is 72.2. The van der Waals surface area contributed by atoms with Crippen LogP contribution in [0.5, 0.6) is 0 Å². The first-order valence-electron chi connectivity index (χ1n) is 29.4. The van der Waals surface area contributed by atoms with Crippen LogP contribution in [-0.2, 0) is 57.6 Å². The molecule has 82 heavy (non-hydrogen) atoms. The van der Waals surface area contributed by atoms with Gasteiger partial charge in [-0.3, -0.25) is 13.9 Å². The van der Waals surface area contributed by atoms with E-state index in [4.69, 9.17) is 27.9 Å². The van der Waals surface area contributed by atoms with Crippen molar-refractivity contribution in [2.45, 2.75) is 224 Å². The second-order valence-corrected chi connectivity index (χ2v) is 22.8. The fourth-order valence-electron chi connectivity index (χ4n) is 9.53. The van der Waals surface area contributed by atoms with Crippen LogP contribution in [0, 0.1) is 0 Å². The molecule has 0 bridgehead atoms. The van der Waals surface area contributed by atoms with E-state index in [1.54, 1.807) is 48.5 Å². The van der Waals surface area contributed by atoms with Crippen molar-refractivity contribution in [3.8, 4) is 0 Å². The predicted octanol–water partition coefficient (Wildman–Crippen LogP) is 9.64. The summed E-state index contributed by atoms with van der Waals surface area (Å²) in [5.74, 6) is -3.30. The number of nitrogens with one attached hydrogen (secondary N) is 1. The summed E-state index contributed by atoms with van der Waals surface area (Å²) < 4.78 is 109. The second kappa shape index (κ2) is 41.9. The van der Waals surface area contributed by atoms with Crippen molar-refractivity contribution in [1.82, 2.24) is 5.32 Å².